The summed E-state index contributed by atoms with van der Waals surface area (Å²) >= 11 is 0. The van der Waals surface area contributed by atoms with Gasteiger partial charge in [-0.15, -0.1) is 0 Å². The Balaban J connectivity index is 2.83. The number of benzene rings is 1. The molecule has 0 aliphatic heterocycles. The van der Waals surface area contributed by atoms with Gasteiger partial charge in [0.25, 0.3) is 0 Å². The topological polar surface area (TPSA) is 58.4 Å². The van der Waals surface area contributed by atoms with E-state index in [1.54, 1.807) is 6.07 Å². The van der Waals surface area contributed by atoms with Crippen LogP contribution >= 0.6 is 0 Å². The van der Waals surface area contributed by atoms with E-state index in [2.05, 4.69) is 5.32 Å². The summed E-state index contributed by atoms with van der Waals surface area (Å²) in [5.41, 5.74) is 6.26. The normalized spacial score (nSPS) is 12.3. The first-order chi connectivity index (χ1) is 9.95. The lowest BCUT2D eigenvalue weighted by molar-refractivity contribution is -0.122. The number of nitrogens with zero attached hydrogens (tertiary/aromatic N) is 1. The number of rotatable bonds is 8. The second-order valence-corrected chi connectivity index (χ2v) is 5.63. The number of nitrogens with two attached hydrogens (primary N) is 1. The molecule has 0 spiro atoms. The van der Waals surface area contributed by atoms with Crippen molar-refractivity contribution in [3.8, 4) is 0 Å². The Bertz CT molecular complexity index is 451. The quantitative estimate of drug-likeness (QED) is 0.772. The number of carbonyl (C=O) groups is 1. The molecule has 0 aliphatic rings. The van der Waals surface area contributed by atoms with Crippen LogP contribution < -0.4 is 16.0 Å². The minimum Gasteiger partial charge on any atom is -0.360 e. The second-order valence-electron chi connectivity index (χ2n) is 5.63. The zero-order chi connectivity index (χ0) is 15.8. The Kier molecular flexibility index (Phi) is 7.15. The highest BCUT2D eigenvalue weighted by Crippen LogP contribution is 2.18. The Morgan fingerprint density at radius 1 is 1.38 bits per heavy atom. The molecule has 1 atom stereocenters. The van der Waals surface area contributed by atoms with Gasteiger partial charge >= 0.3 is 0 Å². The molecule has 0 radical (unpaired) electrons. The van der Waals surface area contributed by atoms with Crippen LogP contribution in [-0.2, 0) is 4.79 Å². The number of hydrogen-bond donors (Lipinski definition) is 2. The van der Waals surface area contributed by atoms with Gasteiger partial charge in [-0.05, 0) is 44.0 Å². The average Bonchev–Trinajstić information content (AvgIpc) is 2.45. The average molecular weight is 295 g/mol. The summed E-state index contributed by atoms with van der Waals surface area (Å²) in [4.78, 5) is 14.1. The fourth-order valence-electron chi connectivity index (χ4n) is 2.06. The van der Waals surface area contributed by atoms with Crippen molar-refractivity contribution in [2.24, 2.45) is 11.7 Å². The van der Waals surface area contributed by atoms with Gasteiger partial charge in [0.05, 0.1) is 0 Å². The van der Waals surface area contributed by atoms with Crippen molar-refractivity contribution in [3.63, 3.8) is 0 Å². The second kappa shape index (κ2) is 8.62. The fourth-order valence-corrected chi connectivity index (χ4v) is 2.06. The molecule has 0 aromatic heterocycles. The molecular weight excluding hydrogens is 269 g/mol. The van der Waals surface area contributed by atoms with E-state index in [-0.39, 0.29) is 17.8 Å². The summed E-state index contributed by atoms with van der Waals surface area (Å²) in [6, 6.07) is 5.94. The van der Waals surface area contributed by atoms with Gasteiger partial charge in [-0.25, -0.2) is 4.39 Å². The van der Waals surface area contributed by atoms with Crippen LogP contribution in [0.15, 0.2) is 24.3 Å². The highest BCUT2D eigenvalue weighted by molar-refractivity contribution is 5.84. The summed E-state index contributed by atoms with van der Waals surface area (Å²) in [5.74, 6) is 0.0397. The van der Waals surface area contributed by atoms with Crippen LogP contribution in [0.2, 0.25) is 0 Å². The van der Waals surface area contributed by atoms with Crippen molar-refractivity contribution in [1.29, 1.82) is 0 Å². The van der Waals surface area contributed by atoms with E-state index in [4.69, 9.17) is 5.73 Å². The minimum absolute atomic E-state index is 0.0509. The van der Waals surface area contributed by atoms with Crippen LogP contribution in [0.1, 0.15) is 27.2 Å². The van der Waals surface area contributed by atoms with E-state index in [9.17, 15) is 9.18 Å². The van der Waals surface area contributed by atoms with E-state index in [0.717, 1.165) is 6.42 Å². The van der Waals surface area contributed by atoms with Gasteiger partial charge in [-0.1, -0.05) is 19.9 Å². The molecule has 4 nitrogen and oxygen atoms in total. The lowest BCUT2D eigenvalue weighted by Gasteiger charge is -2.30. The molecule has 0 bridgehead atoms. The molecule has 0 fully saturated rings. The molecule has 1 unspecified atom stereocenters. The van der Waals surface area contributed by atoms with E-state index >= 15 is 0 Å². The lowest BCUT2D eigenvalue weighted by atomic mass is 10.1. The van der Waals surface area contributed by atoms with Crippen LogP contribution in [0.25, 0.3) is 0 Å². The largest absolute Gasteiger partial charge is 0.360 e. The molecule has 1 rings (SSSR count). The van der Waals surface area contributed by atoms with Gasteiger partial charge in [0, 0.05) is 18.8 Å². The molecule has 1 aromatic carbocycles. The van der Waals surface area contributed by atoms with Gasteiger partial charge in [0.1, 0.15) is 11.9 Å². The number of nitrogens with one attached hydrogen (secondary N) is 1. The van der Waals surface area contributed by atoms with Crippen LogP contribution in [-0.4, -0.2) is 31.6 Å². The number of hydrogen-bond acceptors (Lipinski definition) is 3. The third-order valence-corrected chi connectivity index (χ3v) is 3.27. The Morgan fingerprint density at radius 2 is 2.10 bits per heavy atom. The first-order valence-electron chi connectivity index (χ1n) is 7.45. The van der Waals surface area contributed by atoms with E-state index < -0.39 is 0 Å². The Hall–Kier alpha value is -1.62. The van der Waals surface area contributed by atoms with Crippen LogP contribution in [0, 0.1) is 11.7 Å². The molecule has 0 saturated heterocycles. The maximum Gasteiger partial charge on any atom is 0.242 e. The number of halogens is 1. The summed E-state index contributed by atoms with van der Waals surface area (Å²) in [6.45, 7) is 7.71. The first-order valence-corrected chi connectivity index (χ1v) is 7.45. The number of anilines is 1. The Labute approximate surface area is 126 Å². The fraction of sp³-hybridized carbons (Fsp3) is 0.562. The Morgan fingerprint density at radius 3 is 2.67 bits per heavy atom. The van der Waals surface area contributed by atoms with Crippen molar-refractivity contribution in [2.45, 2.75) is 33.2 Å². The van der Waals surface area contributed by atoms with Gasteiger partial charge in [-0.3, -0.25) is 4.79 Å². The van der Waals surface area contributed by atoms with Crippen molar-refractivity contribution >= 4 is 11.6 Å². The standard InChI is InChI=1S/C16H26FN3O/c1-12(2)11-19-16(21)13(3)20(9-5-8-18)15-7-4-6-14(17)10-15/h4,6-7,10,12-13H,5,8-9,11,18H2,1-3H3,(H,19,21). The zero-order valence-corrected chi connectivity index (χ0v) is 13.1. The monoisotopic (exact) mass is 295 g/mol. The molecule has 21 heavy (non-hydrogen) atoms. The maximum absolute atomic E-state index is 13.4. The van der Waals surface area contributed by atoms with Crippen molar-refractivity contribution in [2.75, 3.05) is 24.5 Å². The molecule has 0 saturated carbocycles. The van der Waals surface area contributed by atoms with Gasteiger partial charge < -0.3 is 16.0 Å². The predicted molar refractivity (Wildman–Crippen MR) is 84.7 cm³/mol. The third kappa shape index (κ3) is 5.71. The molecule has 3 N–H and O–H groups in total. The van der Waals surface area contributed by atoms with Crippen LogP contribution in [0.4, 0.5) is 10.1 Å². The zero-order valence-electron chi connectivity index (χ0n) is 13.1. The summed E-state index contributed by atoms with van der Waals surface area (Å²) in [7, 11) is 0. The molecule has 5 heteroatoms. The van der Waals surface area contributed by atoms with E-state index in [0.29, 0.717) is 31.2 Å². The lowest BCUT2D eigenvalue weighted by Crippen LogP contribution is -2.47. The predicted octanol–water partition coefficient (Wildman–Crippen LogP) is 2.14. The molecule has 1 amide bonds. The number of amides is 1. The van der Waals surface area contributed by atoms with Crippen molar-refractivity contribution in [3.05, 3.63) is 30.1 Å². The SMILES string of the molecule is CC(C)CNC(=O)C(C)N(CCCN)c1cccc(F)c1. The van der Waals surface area contributed by atoms with Gasteiger partial charge in [0.2, 0.25) is 5.91 Å². The maximum atomic E-state index is 13.4. The minimum atomic E-state index is -0.364. The van der Waals surface area contributed by atoms with Crippen molar-refractivity contribution < 1.29 is 9.18 Å². The smallest absolute Gasteiger partial charge is 0.242 e. The van der Waals surface area contributed by atoms with Gasteiger partial charge in [0.15, 0.2) is 0 Å². The highest BCUT2D eigenvalue weighted by Gasteiger charge is 2.21. The molecule has 0 heterocycles. The number of carbonyl (C=O) groups excluding carboxylic acids is 1. The highest BCUT2D eigenvalue weighted by atomic mass is 19.1. The van der Waals surface area contributed by atoms with E-state index in [1.165, 1.54) is 12.1 Å². The van der Waals surface area contributed by atoms with Gasteiger partial charge in [-0.2, -0.15) is 0 Å². The molecule has 118 valence electrons. The van der Waals surface area contributed by atoms with Crippen LogP contribution in [0.5, 0.6) is 0 Å². The summed E-state index contributed by atoms with van der Waals surface area (Å²) in [5, 5.41) is 2.92. The van der Waals surface area contributed by atoms with Crippen LogP contribution in [0.3, 0.4) is 0 Å². The summed E-state index contributed by atoms with van der Waals surface area (Å²) in [6.07, 6.45) is 0.748. The van der Waals surface area contributed by atoms with Crippen molar-refractivity contribution in [1.82, 2.24) is 5.32 Å². The molecule has 0 aliphatic carbocycles. The first kappa shape index (κ1) is 17.4. The van der Waals surface area contributed by atoms with E-state index in [1.807, 2.05) is 31.7 Å². The third-order valence-electron chi connectivity index (χ3n) is 3.27. The molecular formula is C16H26FN3O. The molecule has 1 aromatic rings. The summed E-state index contributed by atoms with van der Waals surface area (Å²) < 4.78 is 13.4.